The van der Waals surface area contributed by atoms with Crippen molar-refractivity contribution in [3.63, 3.8) is 0 Å². The standard InChI is InChI=1S/C12H22N4O3S/c1-9-12(10(2)16-15-9)20(17,18)14-7-8-19-11-3-5-13-6-4-11/h11,13-14H,3-8H2,1-2H3,(H,15,16). The van der Waals surface area contributed by atoms with Crippen LogP contribution in [0.1, 0.15) is 24.2 Å². The zero-order chi connectivity index (χ0) is 14.6. The molecule has 0 unspecified atom stereocenters. The Kier molecular flexibility index (Phi) is 5.14. The number of piperidine rings is 1. The van der Waals surface area contributed by atoms with Crippen LogP contribution in [0.15, 0.2) is 4.90 Å². The minimum absolute atomic E-state index is 0.234. The van der Waals surface area contributed by atoms with Gasteiger partial charge in [-0.25, -0.2) is 13.1 Å². The van der Waals surface area contributed by atoms with E-state index in [0.29, 0.717) is 18.0 Å². The number of nitrogens with one attached hydrogen (secondary N) is 3. The maximum Gasteiger partial charge on any atom is 0.244 e. The second kappa shape index (κ2) is 6.66. The van der Waals surface area contributed by atoms with Gasteiger partial charge in [-0.15, -0.1) is 0 Å². The van der Waals surface area contributed by atoms with Gasteiger partial charge in [0, 0.05) is 6.54 Å². The van der Waals surface area contributed by atoms with Gasteiger partial charge in [-0.1, -0.05) is 0 Å². The minimum atomic E-state index is -3.52. The van der Waals surface area contributed by atoms with Crippen LogP contribution in [-0.2, 0) is 14.8 Å². The fourth-order valence-corrected chi connectivity index (χ4v) is 3.75. The Morgan fingerprint density at radius 2 is 2.05 bits per heavy atom. The maximum absolute atomic E-state index is 12.1. The van der Waals surface area contributed by atoms with Gasteiger partial charge in [0.2, 0.25) is 10.0 Å². The van der Waals surface area contributed by atoms with E-state index in [1.165, 1.54) is 0 Å². The predicted octanol–water partition coefficient (Wildman–Crippen LogP) is 0.0734. The zero-order valence-electron chi connectivity index (χ0n) is 11.9. The lowest BCUT2D eigenvalue weighted by Gasteiger charge is -2.22. The molecule has 1 aliphatic heterocycles. The normalized spacial score (nSPS) is 17.5. The van der Waals surface area contributed by atoms with Gasteiger partial charge in [-0.2, -0.15) is 5.10 Å². The van der Waals surface area contributed by atoms with Crippen molar-refractivity contribution in [3.05, 3.63) is 11.4 Å². The largest absolute Gasteiger partial charge is 0.377 e. The van der Waals surface area contributed by atoms with Crippen LogP contribution in [0.25, 0.3) is 0 Å². The molecule has 2 heterocycles. The van der Waals surface area contributed by atoms with Crippen LogP contribution in [0.2, 0.25) is 0 Å². The highest BCUT2D eigenvalue weighted by Crippen LogP contribution is 2.15. The summed E-state index contributed by atoms with van der Waals surface area (Å²) in [6, 6.07) is 0. The topological polar surface area (TPSA) is 96.1 Å². The summed E-state index contributed by atoms with van der Waals surface area (Å²) in [5.41, 5.74) is 1.03. The first-order chi connectivity index (χ1) is 9.50. The van der Waals surface area contributed by atoms with E-state index in [-0.39, 0.29) is 17.5 Å². The summed E-state index contributed by atoms with van der Waals surface area (Å²) in [5.74, 6) is 0. The Morgan fingerprint density at radius 3 is 2.65 bits per heavy atom. The van der Waals surface area contributed by atoms with E-state index in [1.807, 2.05) is 0 Å². The average molecular weight is 302 g/mol. The number of hydrogen-bond acceptors (Lipinski definition) is 5. The molecule has 1 aromatic heterocycles. The minimum Gasteiger partial charge on any atom is -0.377 e. The van der Waals surface area contributed by atoms with Crippen molar-refractivity contribution < 1.29 is 13.2 Å². The third-order valence-electron chi connectivity index (χ3n) is 3.36. The average Bonchev–Trinajstić information content (AvgIpc) is 2.76. The lowest BCUT2D eigenvalue weighted by molar-refractivity contribution is 0.0367. The third kappa shape index (κ3) is 3.78. The van der Waals surface area contributed by atoms with Gasteiger partial charge in [-0.05, 0) is 39.8 Å². The number of nitrogens with zero attached hydrogens (tertiary/aromatic N) is 1. The molecule has 0 amide bonds. The second-order valence-corrected chi connectivity index (χ2v) is 6.68. The van der Waals surface area contributed by atoms with Crippen molar-refractivity contribution in [2.24, 2.45) is 0 Å². The summed E-state index contributed by atoms with van der Waals surface area (Å²) in [4.78, 5) is 0.236. The number of aromatic amines is 1. The molecule has 0 aromatic carbocycles. The molecule has 0 aliphatic carbocycles. The van der Waals surface area contributed by atoms with E-state index in [0.717, 1.165) is 25.9 Å². The number of aromatic nitrogens is 2. The molecule has 3 N–H and O–H groups in total. The summed E-state index contributed by atoms with van der Waals surface area (Å²) in [6.45, 7) is 5.95. The van der Waals surface area contributed by atoms with Crippen molar-refractivity contribution in [2.45, 2.75) is 37.7 Å². The molecule has 1 saturated heterocycles. The molecule has 114 valence electrons. The smallest absolute Gasteiger partial charge is 0.244 e. The second-order valence-electron chi connectivity index (χ2n) is 4.98. The fraction of sp³-hybridized carbons (Fsp3) is 0.750. The van der Waals surface area contributed by atoms with Gasteiger partial charge in [-0.3, -0.25) is 5.10 Å². The van der Waals surface area contributed by atoms with Crippen molar-refractivity contribution in [1.82, 2.24) is 20.2 Å². The Hall–Kier alpha value is -0.960. The summed E-state index contributed by atoms with van der Waals surface area (Å²) in [7, 11) is -3.52. The molecule has 1 aliphatic rings. The van der Waals surface area contributed by atoms with E-state index in [1.54, 1.807) is 13.8 Å². The lowest BCUT2D eigenvalue weighted by Crippen LogP contribution is -2.35. The van der Waals surface area contributed by atoms with Crippen molar-refractivity contribution in [2.75, 3.05) is 26.2 Å². The molecular weight excluding hydrogens is 280 g/mol. The van der Waals surface area contributed by atoms with Crippen LogP contribution in [-0.4, -0.2) is 51.0 Å². The fourth-order valence-electron chi connectivity index (χ4n) is 2.37. The molecule has 0 spiro atoms. The number of rotatable bonds is 6. The maximum atomic E-state index is 12.1. The summed E-state index contributed by atoms with van der Waals surface area (Å²) in [6.07, 6.45) is 2.19. The first-order valence-corrected chi connectivity index (χ1v) is 8.32. The van der Waals surface area contributed by atoms with Gasteiger partial charge in [0.15, 0.2) is 0 Å². The number of ether oxygens (including phenoxy) is 1. The summed E-state index contributed by atoms with van der Waals surface area (Å²) in [5, 5.41) is 9.84. The Morgan fingerprint density at radius 1 is 1.35 bits per heavy atom. The van der Waals surface area contributed by atoms with E-state index in [2.05, 4.69) is 20.2 Å². The van der Waals surface area contributed by atoms with Gasteiger partial charge in [0.05, 0.1) is 24.1 Å². The molecule has 0 bridgehead atoms. The predicted molar refractivity (Wildman–Crippen MR) is 75.1 cm³/mol. The number of sulfonamides is 1. The van der Waals surface area contributed by atoms with Crippen LogP contribution >= 0.6 is 0 Å². The number of aryl methyl sites for hydroxylation is 2. The van der Waals surface area contributed by atoms with Gasteiger partial charge < -0.3 is 10.1 Å². The van der Waals surface area contributed by atoms with Crippen LogP contribution in [0.4, 0.5) is 0 Å². The quantitative estimate of drug-likeness (QED) is 0.646. The summed E-state index contributed by atoms with van der Waals surface area (Å²) >= 11 is 0. The molecule has 1 aromatic rings. The van der Waals surface area contributed by atoms with Crippen LogP contribution < -0.4 is 10.0 Å². The molecule has 7 nitrogen and oxygen atoms in total. The van der Waals surface area contributed by atoms with E-state index < -0.39 is 10.0 Å². The molecule has 8 heteroatoms. The first-order valence-electron chi connectivity index (χ1n) is 6.84. The Bertz CT molecular complexity index is 515. The highest BCUT2D eigenvalue weighted by Gasteiger charge is 2.21. The third-order valence-corrected chi connectivity index (χ3v) is 5.09. The lowest BCUT2D eigenvalue weighted by atomic mass is 10.1. The molecule has 0 atom stereocenters. The molecule has 20 heavy (non-hydrogen) atoms. The highest BCUT2D eigenvalue weighted by molar-refractivity contribution is 7.89. The number of hydrogen-bond donors (Lipinski definition) is 3. The van der Waals surface area contributed by atoms with E-state index >= 15 is 0 Å². The molecule has 1 fully saturated rings. The molecule has 0 saturated carbocycles. The Labute approximate surface area is 119 Å². The van der Waals surface area contributed by atoms with Crippen LogP contribution in [0.5, 0.6) is 0 Å². The van der Waals surface area contributed by atoms with Gasteiger partial charge in [0.25, 0.3) is 0 Å². The van der Waals surface area contributed by atoms with Gasteiger partial charge in [0.1, 0.15) is 4.90 Å². The SMILES string of the molecule is Cc1n[nH]c(C)c1S(=O)(=O)NCCOC1CCNCC1. The first kappa shape index (κ1) is 15.4. The van der Waals surface area contributed by atoms with Crippen LogP contribution in [0, 0.1) is 13.8 Å². The van der Waals surface area contributed by atoms with Crippen molar-refractivity contribution in [1.29, 1.82) is 0 Å². The molecule has 2 rings (SSSR count). The van der Waals surface area contributed by atoms with Gasteiger partial charge >= 0.3 is 0 Å². The molecular formula is C12H22N4O3S. The Balaban J connectivity index is 1.81. The van der Waals surface area contributed by atoms with Crippen molar-refractivity contribution in [3.8, 4) is 0 Å². The van der Waals surface area contributed by atoms with Crippen molar-refractivity contribution >= 4 is 10.0 Å². The molecule has 0 radical (unpaired) electrons. The highest BCUT2D eigenvalue weighted by atomic mass is 32.2. The monoisotopic (exact) mass is 302 g/mol. The number of H-pyrrole nitrogens is 1. The zero-order valence-corrected chi connectivity index (χ0v) is 12.7. The van der Waals surface area contributed by atoms with E-state index in [4.69, 9.17) is 4.74 Å². The van der Waals surface area contributed by atoms with Crippen LogP contribution in [0.3, 0.4) is 0 Å². The summed E-state index contributed by atoms with van der Waals surface area (Å²) < 4.78 is 32.5. The van der Waals surface area contributed by atoms with E-state index in [9.17, 15) is 8.42 Å².